The molecule has 0 aliphatic carbocycles. The monoisotopic (exact) mass is 396 g/mol. The van der Waals surface area contributed by atoms with Gasteiger partial charge in [-0.1, -0.05) is 11.6 Å². The van der Waals surface area contributed by atoms with Crippen molar-refractivity contribution in [1.82, 2.24) is 9.78 Å². The predicted molar refractivity (Wildman–Crippen MR) is 82.3 cm³/mol. The van der Waals surface area contributed by atoms with Crippen molar-refractivity contribution in [2.24, 2.45) is 7.05 Å². The highest BCUT2D eigenvalue weighted by molar-refractivity contribution is 9.10. The fourth-order valence-electron chi connectivity index (χ4n) is 1.69. The standard InChI is InChI=1S/C11H11BrClFN4O2S/c1-5-3-8(18(2)16-5)17-21(19,20)7-4-6(13)9(12)11(15)10(7)14/h3-4,17H,15H2,1-2H3. The number of halogens is 3. The third-order valence-corrected chi connectivity index (χ3v) is 5.42. The lowest BCUT2D eigenvalue weighted by atomic mass is 10.3. The molecule has 1 heterocycles. The van der Waals surface area contributed by atoms with Gasteiger partial charge in [-0.2, -0.15) is 5.10 Å². The number of nitrogen functional groups attached to an aromatic ring is 1. The highest BCUT2D eigenvalue weighted by atomic mass is 79.9. The molecule has 6 nitrogen and oxygen atoms in total. The van der Waals surface area contributed by atoms with Gasteiger partial charge in [-0.05, 0) is 28.9 Å². The Labute approximate surface area is 134 Å². The van der Waals surface area contributed by atoms with Gasteiger partial charge >= 0.3 is 0 Å². The van der Waals surface area contributed by atoms with Crippen molar-refractivity contribution in [3.63, 3.8) is 0 Å². The van der Waals surface area contributed by atoms with Gasteiger partial charge in [0.05, 0.1) is 20.9 Å². The van der Waals surface area contributed by atoms with E-state index in [0.29, 0.717) is 5.69 Å². The number of sulfonamides is 1. The van der Waals surface area contributed by atoms with Crippen molar-refractivity contribution >= 4 is 49.1 Å². The summed E-state index contributed by atoms with van der Waals surface area (Å²) in [6.45, 7) is 1.70. The predicted octanol–water partition coefficient (Wildman–Crippen LogP) is 2.67. The number of nitrogens with one attached hydrogen (secondary N) is 1. The highest BCUT2D eigenvalue weighted by Crippen LogP contribution is 2.35. The largest absolute Gasteiger partial charge is 0.395 e. The van der Waals surface area contributed by atoms with E-state index in [1.54, 1.807) is 14.0 Å². The van der Waals surface area contributed by atoms with Crippen molar-refractivity contribution in [3.05, 3.63) is 33.1 Å². The van der Waals surface area contributed by atoms with Gasteiger partial charge in [0.2, 0.25) is 0 Å². The molecule has 0 fully saturated rings. The van der Waals surface area contributed by atoms with E-state index in [1.165, 1.54) is 10.7 Å². The number of aryl methyl sites for hydroxylation is 2. The van der Waals surface area contributed by atoms with E-state index in [4.69, 9.17) is 17.3 Å². The van der Waals surface area contributed by atoms with Crippen LogP contribution in [0.15, 0.2) is 21.5 Å². The first kappa shape index (κ1) is 16.1. The third-order valence-electron chi connectivity index (χ3n) is 2.69. The van der Waals surface area contributed by atoms with E-state index in [9.17, 15) is 12.8 Å². The summed E-state index contributed by atoms with van der Waals surface area (Å²) in [4.78, 5) is -0.632. The van der Waals surface area contributed by atoms with E-state index < -0.39 is 20.7 Å². The minimum atomic E-state index is -4.19. The second kappa shape index (κ2) is 5.47. The molecule has 10 heteroatoms. The summed E-state index contributed by atoms with van der Waals surface area (Å²) in [6, 6.07) is 2.50. The molecule has 1 aromatic heterocycles. The molecule has 3 N–H and O–H groups in total. The first-order valence-electron chi connectivity index (χ1n) is 5.60. The normalized spacial score (nSPS) is 11.7. The van der Waals surface area contributed by atoms with Crippen molar-refractivity contribution in [2.75, 3.05) is 10.5 Å². The van der Waals surface area contributed by atoms with Crippen LogP contribution in [-0.2, 0) is 17.1 Å². The number of rotatable bonds is 3. The molecule has 2 aromatic rings. The summed E-state index contributed by atoms with van der Waals surface area (Å²) in [6.07, 6.45) is 0. The third kappa shape index (κ3) is 2.99. The zero-order valence-corrected chi connectivity index (χ0v) is 14.1. The summed E-state index contributed by atoms with van der Waals surface area (Å²) >= 11 is 8.82. The first-order valence-corrected chi connectivity index (χ1v) is 8.25. The molecule has 0 radical (unpaired) electrons. The Hall–Kier alpha value is -1.32. The number of anilines is 2. The Balaban J connectivity index is 2.53. The molecule has 0 atom stereocenters. The Morgan fingerprint density at radius 1 is 1.48 bits per heavy atom. The van der Waals surface area contributed by atoms with Gasteiger partial charge in [-0.25, -0.2) is 12.8 Å². The average Bonchev–Trinajstić information content (AvgIpc) is 2.68. The number of hydrogen-bond acceptors (Lipinski definition) is 4. The molecule has 0 aliphatic heterocycles. The number of nitrogens with zero attached hydrogens (tertiary/aromatic N) is 2. The maximum absolute atomic E-state index is 14.1. The molecule has 21 heavy (non-hydrogen) atoms. The van der Waals surface area contributed by atoms with Crippen LogP contribution in [0, 0.1) is 12.7 Å². The zero-order valence-electron chi connectivity index (χ0n) is 11.0. The van der Waals surface area contributed by atoms with Crippen LogP contribution in [0.1, 0.15) is 5.69 Å². The number of nitrogens with two attached hydrogens (primary N) is 1. The fraction of sp³-hybridized carbons (Fsp3) is 0.182. The average molecular weight is 398 g/mol. The number of hydrogen-bond donors (Lipinski definition) is 2. The second-order valence-electron chi connectivity index (χ2n) is 4.30. The highest BCUT2D eigenvalue weighted by Gasteiger charge is 2.25. The molecular formula is C11H11BrClFN4O2S. The lowest BCUT2D eigenvalue weighted by molar-refractivity contribution is 0.572. The zero-order chi connectivity index (χ0) is 15.9. The van der Waals surface area contributed by atoms with Crippen LogP contribution >= 0.6 is 27.5 Å². The van der Waals surface area contributed by atoms with Crippen molar-refractivity contribution in [3.8, 4) is 0 Å². The maximum atomic E-state index is 14.1. The Kier molecular flexibility index (Phi) is 4.18. The summed E-state index contributed by atoms with van der Waals surface area (Å²) in [7, 11) is -2.63. The van der Waals surface area contributed by atoms with Crippen LogP contribution in [0.25, 0.3) is 0 Å². The first-order chi connectivity index (χ1) is 9.63. The van der Waals surface area contributed by atoms with Gasteiger partial charge in [-0.3, -0.25) is 9.40 Å². The van der Waals surface area contributed by atoms with Gasteiger partial charge in [0.25, 0.3) is 10.0 Å². The van der Waals surface area contributed by atoms with Crippen molar-refractivity contribution < 1.29 is 12.8 Å². The molecule has 0 unspecified atom stereocenters. The molecule has 114 valence electrons. The van der Waals surface area contributed by atoms with Crippen LogP contribution in [0.3, 0.4) is 0 Å². The lowest BCUT2D eigenvalue weighted by Gasteiger charge is -2.11. The Morgan fingerprint density at radius 3 is 2.62 bits per heavy atom. The van der Waals surface area contributed by atoms with Gasteiger partial charge < -0.3 is 5.73 Å². The van der Waals surface area contributed by atoms with Crippen LogP contribution < -0.4 is 10.5 Å². The minimum Gasteiger partial charge on any atom is -0.395 e. The van der Waals surface area contributed by atoms with Crippen LogP contribution in [0.4, 0.5) is 15.9 Å². The topological polar surface area (TPSA) is 90.0 Å². The maximum Gasteiger partial charge on any atom is 0.266 e. The van der Waals surface area contributed by atoms with Crippen molar-refractivity contribution in [2.45, 2.75) is 11.8 Å². The molecule has 0 aliphatic rings. The quantitative estimate of drug-likeness (QED) is 0.615. The van der Waals surface area contributed by atoms with E-state index in [2.05, 4.69) is 25.8 Å². The smallest absolute Gasteiger partial charge is 0.266 e. The van der Waals surface area contributed by atoms with Crippen LogP contribution in [0.5, 0.6) is 0 Å². The van der Waals surface area contributed by atoms with Gasteiger partial charge in [0.15, 0.2) is 5.82 Å². The Morgan fingerprint density at radius 2 is 2.10 bits per heavy atom. The molecule has 2 rings (SSSR count). The van der Waals surface area contributed by atoms with Gasteiger partial charge in [0.1, 0.15) is 10.7 Å². The molecular weight excluding hydrogens is 387 g/mol. The number of aromatic nitrogens is 2. The molecule has 0 saturated heterocycles. The molecule has 0 bridgehead atoms. The summed E-state index contributed by atoms with van der Waals surface area (Å²) in [5, 5.41) is 3.99. The minimum absolute atomic E-state index is 0.00420. The van der Waals surface area contributed by atoms with Crippen LogP contribution in [-0.4, -0.2) is 18.2 Å². The number of benzene rings is 1. The summed E-state index contributed by atoms with van der Waals surface area (Å²) in [5.41, 5.74) is 5.74. The summed E-state index contributed by atoms with van der Waals surface area (Å²) in [5.74, 6) is -0.873. The SMILES string of the molecule is Cc1cc(NS(=O)(=O)c2cc(Cl)c(Br)c(N)c2F)n(C)n1. The van der Waals surface area contributed by atoms with E-state index >= 15 is 0 Å². The lowest BCUT2D eigenvalue weighted by Crippen LogP contribution is -2.17. The summed E-state index contributed by atoms with van der Waals surface area (Å²) < 4.78 is 42.3. The van der Waals surface area contributed by atoms with Crippen LogP contribution in [0.2, 0.25) is 5.02 Å². The van der Waals surface area contributed by atoms with E-state index in [-0.39, 0.29) is 21.0 Å². The fourth-order valence-corrected chi connectivity index (χ4v) is 3.45. The van der Waals surface area contributed by atoms with Gasteiger partial charge in [-0.15, -0.1) is 0 Å². The van der Waals surface area contributed by atoms with Gasteiger partial charge in [0, 0.05) is 13.1 Å². The Bertz CT molecular complexity index is 822. The van der Waals surface area contributed by atoms with E-state index in [0.717, 1.165) is 6.07 Å². The molecule has 0 spiro atoms. The molecule has 1 aromatic carbocycles. The molecule has 0 amide bonds. The molecule has 0 saturated carbocycles. The van der Waals surface area contributed by atoms with E-state index in [1.807, 2.05) is 0 Å². The second-order valence-corrected chi connectivity index (χ2v) is 7.15. The van der Waals surface area contributed by atoms with Crippen molar-refractivity contribution in [1.29, 1.82) is 0 Å².